The maximum atomic E-state index is 2.50. The summed E-state index contributed by atoms with van der Waals surface area (Å²) in [6, 6.07) is 16.6. The number of fused-ring (bicyclic) bond motifs is 2. The highest BCUT2D eigenvalue weighted by molar-refractivity contribution is 6.36. The van der Waals surface area contributed by atoms with Crippen LogP contribution >= 0.6 is 0 Å². The van der Waals surface area contributed by atoms with Gasteiger partial charge in [-0.3, -0.25) is 0 Å². The molecule has 2 aliphatic carbocycles. The fourth-order valence-electron chi connectivity index (χ4n) is 5.29. The molecule has 140 valence electrons. The molecular weight excluding hydrogens is 340 g/mol. The van der Waals surface area contributed by atoms with Gasteiger partial charge in [0.15, 0.2) is 0 Å². The Morgan fingerprint density at radius 1 is 0.704 bits per heavy atom. The van der Waals surface area contributed by atoms with Crippen LogP contribution in [0.25, 0.3) is 12.2 Å². The van der Waals surface area contributed by atoms with E-state index in [-0.39, 0.29) is 9.52 Å². The smallest absolute Gasteiger partial charge is 0.0218 e. The van der Waals surface area contributed by atoms with E-state index in [9.17, 15) is 0 Å². The first kappa shape index (κ1) is 18.5. The molecule has 0 radical (unpaired) electrons. The molecule has 2 aliphatic rings. The van der Waals surface area contributed by atoms with Gasteiger partial charge >= 0.3 is 0 Å². The Balaban J connectivity index is 1.50. The molecule has 27 heavy (non-hydrogen) atoms. The standard InChI is InChI=1S/C26H32Si/c1-5-19-13-23-17(3)9-7-11-21(23)25(19)15-27-16-26-20(6-2)14-24-18(4)10-8-12-22(24)26/h7-14,25-26H,5-6,15-16,27H2,1-4H3. The summed E-state index contributed by atoms with van der Waals surface area (Å²) in [5, 5.41) is 0. The molecule has 2 aromatic rings. The van der Waals surface area contributed by atoms with Crippen molar-refractivity contribution in [3.63, 3.8) is 0 Å². The zero-order valence-electron chi connectivity index (χ0n) is 17.3. The minimum atomic E-state index is -0.115. The van der Waals surface area contributed by atoms with Gasteiger partial charge in [0.25, 0.3) is 0 Å². The second kappa shape index (κ2) is 7.64. The van der Waals surface area contributed by atoms with Crippen LogP contribution in [-0.2, 0) is 0 Å². The van der Waals surface area contributed by atoms with E-state index in [2.05, 4.69) is 76.2 Å². The highest BCUT2D eigenvalue weighted by Gasteiger charge is 2.28. The zero-order chi connectivity index (χ0) is 19.0. The molecule has 0 fully saturated rings. The minimum Gasteiger partial charge on any atom is -0.0627 e. The SMILES string of the molecule is CCC1=Cc2c(C)cccc2C1C[SiH2]CC1C(CC)=Cc2c(C)cccc21. The first-order chi connectivity index (χ1) is 13.1. The van der Waals surface area contributed by atoms with E-state index in [1.807, 2.05) is 0 Å². The second-order valence-electron chi connectivity index (χ2n) is 8.34. The van der Waals surface area contributed by atoms with Crippen LogP contribution in [0.1, 0.15) is 71.9 Å². The lowest BCUT2D eigenvalue weighted by Gasteiger charge is -2.20. The molecule has 0 saturated heterocycles. The maximum Gasteiger partial charge on any atom is 0.0218 e. The van der Waals surface area contributed by atoms with Gasteiger partial charge in [-0.25, -0.2) is 0 Å². The quantitative estimate of drug-likeness (QED) is 0.490. The van der Waals surface area contributed by atoms with E-state index in [1.165, 1.54) is 47.2 Å². The molecule has 0 aliphatic heterocycles. The summed E-state index contributed by atoms with van der Waals surface area (Å²) in [6.45, 7) is 9.18. The summed E-state index contributed by atoms with van der Waals surface area (Å²) in [5.74, 6) is 1.40. The van der Waals surface area contributed by atoms with Gasteiger partial charge in [0, 0.05) is 21.4 Å². The highest BCUT2D eigenvalue weighted by Crippen LogP contribution is 2.44. The predicted molar refractivity (Wildman–Crippen MR) is 123 cm³/mol. The third-order valence-corrected chi connectivity index (χ3v) is 8.79. The molecule has 0 N–H and O–H groups in total. The van der Waals surface area contributed by atoms with Crippen molar-refractivity contribution in [1.82, 2.24) is 0 Å². The number of aryl methyl sites for hydroxylation is 2. The Morgan fingerprint density at radius 2 is 1.15 bits per heavy atom. The predicted octanol–water partition coefficient (Wildman–Crippen LogP) is 6.79. The monoisotopic (exact) mass is 372 g/mol. The third kappa shape index (κ3) is 3.27. The van der Waals surface area contributed by atoms with Crippen LogP contribution in [0.4, 0.5) is 0 Å². The summed E-state index contributed by atoms with van der Waals surface area (Å²) in [6.07, 6.45) is 7.38. The van der Waals surface area contributed by atoms with Crippen LogP contribution in [-0.4, -0.2) is 9.52 Å². The molecule has 0 heterocycles. The molecule has 0 spiro atoms. The summed E-state index contributed by atoms with van der Waals surface area (Å²) in [7, 11) is -0.115. The largest absolute Gasteiger partial charge is 0.0627 e. The highest BCUT2D eigenvalue weighted by atomic mass is 28.2. The molecule has 2 atom stereocenters. The van der Waals surface area contributed by atoms with Crippen molar-refractivity contribution >= 4 is 21.7 Å². The van der Waals surface area contributed by atoms with Crippen molar-refractivity contribution in [2.45, 2.75) is 64.5 Å². The minimum absolute atomic E-state index is 0.115. The van der Waals surface area contributed by atoms with Gasteiger partial charge < -0.3 is 0 Å². The van der Waals surface area contributed by atoms with Gasteiger partial charge in [0.2, 0.25) is 0 Å². The lowest BCUT2D eigenvalue weighted by atomic mass is 9.95. The fraction of sp³-hybridized carbons (Fsp3) is 0.385. The van der Waals surface area contributed by atoms with E-state index in [0.29, 0.717) is 11.8 Å². The molecule has 1 heteroatoms. The topological polar surface area (TPSA) is 0 Å². The number of benzene rings is 2. The van der Waals surface area contributed by atoms with E-state index in [1.54, 1.807) is 22.3 Å². The zero-order valence-corrected chi connectivity index (χ0v) is 18.7. The third-order valence-electron chi connectivity index (χ3n) is 6.82. The Morgan fingerprint density at radius 3 is 1.56 bits per heavy atom. The lowest BCUT2D eigenvalue weighted by Crippen LogP contribution is -2.08. The first-order valence-corrected chi connectivity index (χ1v) is 12.7. The van der Waals surface area contributed by atoms with Crippen LogP contribution in [0.15, 0.2) is 47.5 Å². The van der Waals surface area contributed by atoms with Crippen molar-refractivity contribution < 1.29 is 0 Å². The summed E-state index contributed by atoms with van der Waals surface area (Å²) >= 11 is 0. The van der Waals surface area contributed by atoms with Gasteiger partial charge in [0.05, 0.1) is 0 Å². The van der Waals surface area contributed by atoms with Crippen molar-refractivity contribution in [2.24, 2.45) is 0 Å². The number of hydrogen-bond acceptors (Lipinski definition) is 0. The molecule has 0 bridgehead atoms. The van der Waals surface area contributed by atoms with Crippen molar-refractivity contribution in [3.8, 4) is 0 Å². The second-order valence-corrected chi connectivity index (χ2v) is 10.2. The van der Waals surface area contributed by atoms with Gasteiger partial charge in [-0.15, -0.1) is 0 Å². The van der Waals surface area contributed by atoms with Crippen LogP contribution in [0.5, 0.6) is 0 Å². The van der Waals surface area contributed by atoms with Crippen molar-refractivity contribution in [3.05, 3.63) is 80.9 Å². The van der Waals surface area contributed by atoms with Crippen LogP contribution < -0.4 is 0 Å². The van der Waals surface area contributed by atoms with Gasteiger partial charge in [0.1, 0.15) is 0 Å². The molecule has 0 nitrogen and oxygen atoms in total. The average Bonchev–Trinajstić information content (AvgIpc) is 3.22. The molecule has 2 unspecified atom stereocenters. The fourth-order valence-corrected chi connectivity index (χ4v) is 7.70. The van der Waals surface area contributed by atoms with E-state index in [0.717, 1.165) is 0 Å². The Labute approximate surface area is 167 Å². The van der Waals surface area contributed by atoms with Crippen LogP contribution in [0.3, 0.4) is 0 Å². The summed E-state index contributed by atoms with van der Waals surface area (Å²) in [5.41, 5.74) is 12.5. The molecule has 0 saturated carbocycles. The van der Waals surface area contributed by atoms with Crippen molar-refractivity contribution in [1.29, 1.82) is 0 Å². The Kier molecular flexibility index (Phi) is 5.23. The average molecular weight is 373 g/mol. The first-order valence-electron chi connectivity index (χ1n) is 10.7. The normalized spacial score (nSPS) is 20.7. The maximum absolute atomic E-state index is 2.50. The lowest BCUT2D eigenvalue weighted by molar-refractivity contribution is 0.829. The van der Waals surface area contributed by atoms with Gasteiger partial charge in [-0.1, -0.05) is 85.6 Å². The molecule has 0 amide bonds. The number of rotatable bonds is 6. The Hall–Kier alpha value is -1.86. The van der Waals surface area contributed by atoms with Gasteiger partial charge in [-0.2, -0.15) is 0 Å². The van der Waals surface area contributed by atoms with Gasteiger partial charge in [-0.05, 0) is 60.1 Å². The number of hydrogen-bond donors (Lipinski definition) is 0. The van der Waals surface area contributed by atoms with E-state index >= 15 is 0 Å². The number of allylic oxidation sites excluding steroid dienone is 2. The van der Waals surface area contributed by atoms with Crippen LogP contribution in [0, 0.1) is 13.8 Å². The molecule has 4 rings (SSSR count). The van der Waals surface area contributed by atoms with E-state index < -0.39 is 0 Å². The van der Waals surface area contributed by atoms with Crippen LogP contribution in [0.2, 0.25) is 12.1 Å². The molecular formula is C26H32Si. The Bertz CT molecular complexity index is 840. The molecule has 0 aromatic heterocycles. The molecule has 2 aromatic carbocycles. The summed E-state index contributed by atoms with van der Waals surface area (Å²) < 4.78 is 0. The summed E-state index contributed by atoms with van der Waals surface area (Å²) in [4.78, 5) is 0. The van der Waals surface area contributed by atoms with Crippen molar-refractivity contribution in [2.75, 3.05) is 0 Å². The van der Waals surface area contributed by atoms with E-state index in [4.69, 9.17) is 0 Å².